The molecule has 2 N–H and O–H groups in total. The van der Waals surface area contributed by atoms with Crippen molar-refractivity contribution in [2.75, 3.05) is 5.32 Å². The highest BCUT2D eigenvalue weighted by molar-refractivity contribution is 6.01. The molecule has 4 heteroatoms. The van der Waals surface area contributed by atoms with E-state index >= 15 is 0 Å². The summed E-state index contributed by atoms with van der Waals surface area (Å²) in [6.45, 7) is 0. The number of anilines is 1. The number of carbonyl (C=O) groups excluding carboxylic acids is 2. The molecule has 0 radical (unpaired) electrons. The molecule has 1 saturated carbocycles. The molecule has 21 heavy (non-hydrogen) atoms. The highest BCUT2D eigenvalue weighted by Gasteiger charge is 2.31. The van der Waals surface area contributed by atoms with Crippen LogP contribution in [0.15, 0.2) is 24.3 Å². The number of hydrogen-bond acceptors (Lipinski definition) is 2. The lowest BCUT2D eigenvalue weighted by atomic mass is 9.89. The van der Waals surface area contributed by atoms with E-state index in [1.54, 1.807) is 0 Å². The van der Waals surface area contributed by atoms with Crippen molar-refractivity contribution in [2.45, 2.75) is 56.9 Å². The fourth-order valence-electron chi connectivity index (χ4n) is 3.37. The average Bonchev–Trinajstić information content (AvgIpc) is 2.75. The summed E-state index contributed by atoms with van der Waals surface area (Å²) >= 11 is 0. The van der Waals surface area contributed by atoms with Crippen LogP contribution in [0.25, 0.3) is 0 Å². The maximum atomic E-state index is 12.6. The van der Waals surface area contributed by atoms with E-state index in [2.05, 4.69) is 10.6 Å². The number of hydrogen-bond donors (Lipinski definition) is 2. The Kier molecular flexibility index (Phi) is 4.23. The molecule has 0 aromatic heterocycles. The van der Waals surface area contributed by atoms with Crippen molar-refractivity contribution in [3.63, 3.8) is 0 Å². The van der Waals surface area contributed by atoms with Crippen LogP contribution in [-0.4, -0.2) is 17.9 Å². The lowest BCUT2D eigenvalue weighted by Gasteiger charge is -2.26. The van der Waals surface area contributed by atoms with Crippen LogP contribution in [-0.2, 0) is 9.59 Å². The lowest BCUT2D eigenvalue weighted by Crippen LogP contribution is -2.40. The molecule has 1 fully saturated rings. The Morgan fingerprint density at radius 1 is 1.10 bits per heavy atom. The van der Waals surface area contributed by atoms with E-state index in [1.165, 1.54) is 25.7 Å². The quantitative estimate of drug-likeness (QED) is 0.821. The first-order valence-corrected chi connectivity index (χ1v) is 7.93. The molecule has 1 aromatic carbocycles. The van der Waals surface area contributed by atoms with Gasteiger partial charge in [-0.2, -0.15) is 0 Å². The Hall–Kier alpha value is -1.84. The summed E-state index contributed by atoms with van der Waals surface area (Å²) in [5.41, 5.74) is 1.71. The highest BCUT2D eigenvalue weighted by Crippen LogP contribution is 2.32. The van der Waals surface area contributed by atoms with Crippen molar-refractivity contribution in [3.8, 4) is 0 Å². The molecule has 1 unspecified atom stereocenters. The molecule has 0 spiro atoms. The van der Waals surface area contributed by atoms with Gasteiger partial charge in [-0.3, -0.25) is 9.59 Å². The van der Waals surface area contributed by atoms with Crippen molar-refractivity contribution in [3.05, 3.63) is 29.8 Å². The molecule has 1 aliphatic carbocycles. The van der Waals surface area contributed by atoms with Crippen LogP contribution in [0.3, 0.4) is 0 Å². The minimum atomic E-state index is -0.349. The minimum Gasteiger partial charge on any atom is -0.353 e. The zero-order valence-corrected chi connectivity index (χ0v) is 12.2. The van der Waals surface area contributed by atoms with Crippen molar-refractivity contribution in [1.82, 2.24) is 5.32 Å². The summed E-state index contributed by atoms with van der Waals surface area (Å²) in [7, 11) is 0. The molecule has 1 aliphatic heterocycles. The maximum Gasteiger partial charge on any atom is 0.228 e. The van der Waals surface area contributed by atoms with Crippen molar-refractivity contribution >= 4 is 17.5 Å². The molecule has 3 rings (SSSR count). The first-order valence-electron chi connectivity index (χ1n) is 7.93. The minimum absolute atomic E-state index is 0.00389. The van der Waals surface area contributed by atoms with E-state index in [0.29, 0.717) is 0 Å². The average molecular weight is 286 g/mol. The monoisotopic (exact) mass is 286 g/mol. The van der Waals surface area contributed by atoms with E-state index in [-0.39, 0.29) is 30.2 Å². The second kappa shape index (κ2) is 6.29. The largest absolute Gasteiger partial charge is 0.353 e. The highest BCUT2D eigenvalue weighted by atomic mass is 16.2. The molecular formula is C17H22N2O2. The zero-order chi connectivity index (χ0) is 14.7. The van der Waals surface area contributed by atoms with Crippen LogP contribution in [0.2, 0.25) is 0 Å². The van der Waals surface area contributed by atoms with Gasteiger partial charge in [0.2, 0.25) is 11.8 Å². The summed E-state index contributed by atoms with van der Waals surface area (Å²) < 4.78 is 0. The number of rotatable bonds is 2. The van der Waals surface area contributed by atoms with Crippen LogP contribution < -0.4 is 10.6 Å². The first-order chi connectivity index (χ1) is 10.2. The zero-order valence-electron chi connectivity index (χ0n) is 12.2. The Morgan fingerprint density at radius 2 is 1.81 bits per heavy atom. The second-order valence-corrected chi connectivity index (χ2v) is 6.09. The summed E-state index contributed by atoms with van der Waals surface area (Å²) in [6.07, 6.45) is 7.27. The van der Waals surface area contributed by atoms with Gasteiger partial charge in [-0.05, 0) is 24.5 Å². The predicted molar refractivity (Wildman–Crippen MR) is 82.1 cm³/mol. The molecule has 1 heterocycles. The van der Waals surface area contributed by atoms with Gasteiger partial charge < -0.3 is 10.6 Å². The smallest absolute Gasteiger partial charge is 0.228 e. The number of nitrogens with one attached hydrogen (secondary N) is 2. The summed E-state index contributed by atoms with van der Waals surface area (Å²) in [6, 6.07) is 7.87. The van der Waals surface area contributed by atoms with E-state index in [9.17, 15) is 9.59 Å². The molecular weight excluding hydrogens is 264 g/mol. The fraction of sp³-hybridized carbons (Fsp3) is 0.529. The molecule has 0 saturated heterocycles. The molecule has 112 valence electrons. The number of fused-ring (bicyclic) bond motifs is 1. The maximum absolute atomic E-state index is 12.6. The van der Waals surface area contributed by atoms with E-state index in [1.807, 2.05) is 24.3 Å². The summed E-state index contributed by atoms with van der Waals surface area (Å²) in [4.78, 5) is 24.4. The molecule has 1 aromatic rings. The Morgan fingerprint density at radius 3 is 2.57 bits per heavy atom. The van der Waals surface area contributed by atoms with Gasteiger partial charge in [0.15, 0.2) is 0 Å². The summed E-state index contributed by atoms with van der Waals surface area (Å²) in [5.74, 6) is -0.419. The van der Waals surface area contributed by atoms with E-state index in [0.717, 1.165) is 24.1 Å². The molecule has 4 nitrogen and oxygen atoms in total. The van der Waals surface area contributed by atoms with Gasteiger partial charge in [-0.15, -0.1) is 0 Å². The SMILES string of the molecule is O=C1CC(C(=O)NC2CCCCCC2)c2ccccc2N1. The van der Waals surface area contributed by atoms with E-state index < -0.39 is 0 Å². The normalized spacial score (nSPS) is 22.9. The van der Waals surface area contributed by atoms with Crippen LogP contribution in [0, 0.1) is 0 Å². The molecule has 0 bridgehead atoms. The first kappa shape index (κ1) is 14.1. The van der Waals surface area contributed by atoms with Crippen molar-refractivity contribution in [1.29, 1.82) is 0 Å². The fourth-order valence-corrected chi connectivity index (χ4v) is 3.37. The Bertz CT molecular complexity index is 533. The van der Waals surface area contributed by atoms with E-state index in [4.69, 9.17) is 0 Å². The number of carbonyl (C=O) groups is 2. The number of amides is 2. The predicted octanol–water partition coefficient (Wildman–Crippen LogP) is 2.95. The standard InChI is InChI=1S/C17H22N2O2/c20-16-11-14(13-9-5-6-10-15(13)19-16)17(21)18-12-7-3-1-2-4-8-12/h5-6,9-10,12,14H,1-4,7-8,11H2,(H,18,21)(H,19,20). The molecule has 2 amide bonds. The van der Waals surface area contributed by atoms with Crippen molar-refractivity contribution < 1.29 is 9.59 Å². The second-order valence-electron chi connectivity index (χ2n) is 6.09. The molecule has 1 atom stereocenters. The van der Waals surface area contributed by atoms with Gasteiger partial charge in [0, 0.05) is 18.2 Å². The van der Waals surface area contributed by atoms with Gasteiger partial charge in [-0.1, -0.05) is 43.9 Å². The van der Waals surface area contributed by atoms with Gasteiger partial charge in [0.05, 0.1) is 5.92 Å². The third kappa shape index (κ3) is 3.26. The van der Waals surface area contributed by atoms with Gasteiger partial charge in [0.1, 0.15) is 0 Å². The number of para-hydroxylation sites is 1. The van der Waals surface area contributed by atoms with Gasteiger partial charge >= 0.3 is 0 Å². The lowest BCUT2D eigenvalue weighted by molar-refractivity contribution is -0.126. The third-order valence-corrected chi connectivity index (χ3v) is 4.52. The van der Waals surface area contributed by atoms with Gasteiger partial charge in [0.25, 0.3) is 0 Å². The van der Waals surface area contributed by atoms with Crippen LogP contribution in [0.5, 0.6) is 0 Å². The Balaban J connectivity index is 1.73. The van der Waals surface area contributed by atoms with Crippen LogP contribution in [0.4, 0.5) is 5.69 Å². The molecule has 2 aliphatic rings. The number of benzene rings is 1. The van der Waals surface area contributed by atoms with Crippen molar-refractivity contribution in [2.24, 2.45) is 0 Å². The van der Waals surface area contributed by atoms with Crippen LogP contribution in [0.1, 0.15) is 56.4 Å². The third-order valence-electron chi connectivity index (χ3n) is 4.52. The Labute approximate surface area is 125 Å². The van der Waals surface area contributed by atoms with Gasteiger partial charge in [-0.25, -0.2) is 0 Å². The topological polar surface area (TPSA) is 58.2 Å². The summed E-state index contributed by atoms with van der Waals surface area (Å²) in [5, 5.41) is 6.01. The van der Waals surface area contributed by atoms with Crippen LogP contribution >= 0.6 is 0 Å².